The second-order valence-corrected chi connectivity index (χ2v) is 6.32. The Balaban J connectivity index is 3.68. The highest BCUT2D eigenvalue weighted by Gasteiger charge is 2.18. The number of rotatable bonds is 14. The maximum Gasteiger partial charge on any atom is 0.0593 e. The lowest BCUT2D eigenvalue weighted by atomic mass is 9.96. The SMILES string of the molecule is CCN(CC)CCOCC(C)(C)COCCN(CC)CC. The van der Waals surface area contributed by atoms with Gasteiger partial charge in [0.05, 0.1) is 26.4 Å². The van der Waals surface area contributed by atoms with Crippen LogP contribution < -0.4 is 0 Å². The number of hydrogen-bond acceptors (Lipinski definition) is 4. The Bertz CT molecular complexity index is 205. The van der Waals surface area contributed by atoms with Gasteiger partial charge in [0.25, 0.3) is 0 Å². The number of likely N-dealkylation sites (N-methyl/N-ethyl adjacent to an activating group) is 2. The van der Waals surface area contributed by atoms with E-state index in [2.05, 4.69) is 51.3 Å². The van der Waals surface area contributed by atoms with Gasteiger partial charge in [-0.1, -0.05) is 41.5 Å². The van der Waals surface area contributed by atoms with Crippen molar-refractivity contribution >= 4 is 0 Å². The van der Waals surface area contributed by atoms with Crippen molar-refractivity contribution in [2.45, 2.75) is 41.5 Å². The average Bonchev–Trinajstić information content (AvgIpc) is 2.47. The maximum atomic E-state index is 5.82. The summed E-state index contributed by atoms with van der Waals surface area (Å²) in [5.74, 6) is 0. The molecule has 0 atom stereocenters. The van der Waals surface area contributed by atoms with Crippen LogP contribution in [0.3, 0.4) is 0 Å². The first-order valence-electron chi connectivity index (χ1n) is 8.59. The predicted molar refractivity (Wildman–Crippen MR) is 91.0 cm³/mol. The van der Waals surface area contributed by atoms with E-state index in [1.807, 2.05) is 0 Å². The fourth-order valence-electron chi connectivity index (χ4n) is 2.21. The molecule has 128 valence electrons. The van der Waals surface area contributed by atoms with Crippen LogP contribution in [0.1, 0.15) is 41.5 Å². The van der Waals surface area contributed by atoms with Crippen LogP contribution in [0.25, 0.3) is 0 Å². The summed E-state index contributed by atoms with van der Waals surface area (Å²) < 4.78 is 11.6. The highest BCUT2D eigenvalue weighted by atomic mass is 16.5. The summed E-state index contributed by atoms with van der Waals surface area (Å²) in [6.45, 7) is 22.8. The van der Waals surface area contributed by atoms with Crippen LogP contribution in [0.2, 0.25) is 0 Å². The summed E-state index contributed by atoms with van der Waals surface area (Å²) in [7, 11) is 0. The van der Waals surface area contributed by atoms with Crippen molar-refractivity contribution in [1.82, 2.24) is 9.80 Å². The molecule has 0 N–H and O–H groups in total. The van der Waals surface area contributed by atoms with Gasteiger partial charge in [0.2, 0.25) is 0 Å². The lowest BCUT2D eigenvalue weighted by Crippen LogP contribution is -2.32. The summed E-state index contributed by atoms with van der Waals surface area (Å²) >= 11 is 0. The molecule has 0 bridgehead atoms. The Kier molecular flexibility index (Phi) is 12.3. The molecule has 0 saturated carbocycles. The first-order chi connectivity index (χ1) is 9.99. The molecule has 21 heavy (non-hydrogen) atoms. The molecular formula is C17H38N2O2. The summed E-state index contributed by atoms with van der Waals surface area (Å²) in [5.41, 5.74) is 0.0898. The molecule has 0 fully saturated rings. The van der Waals surface area contributed by atoms with Gasteiger partial charge >= 0.3 is 0 Å². The molecule has 0 aromatic carbocycles. The molecule has 0 aromatic rings. The minimum Gasteiger partial charge on any atom is -0.379 e. The Hall–Kier alpha value is -0.160. The molecule has 0 radical (unpaired) electrons. The van der Waals surface area contributed by atoms with Gasteiger partial charge in [-0.2, -0.15) is 0 Å². The van der Waals surface area contributed by atoms with Gasteiger partial charge < -0.3 is 19.3 Å². The van der Waals surface area contributed by atoms with Crippen molar-refractivity contribution in [3.63, 3.8) is 0 Å². The monoisotopic (exact) mass is 302 g/mol. The van der Waals surface area contributed by atoms with Crippen LogP contribution in [-0.2, 0) is 9.47 Å². The van der Waals surface area contributed by atoms with Crippen LogP contribution in [0.4, 0.5) is 0 Å². The fourth-order valence-corrected chi connectivity index (χ4v) is 2.21. The van der Waals surface area contributed by atoms with E-state index < -0.39 is 0 Å². The predicted octanol–water partition coefficient (Wildman–Crippen LogP) is 2.73. The largest absolute Gasteiger partial charge is 0.379 e. The average molecular weight is 303 g/mol. The molecule has 0 unspecified atom stereocenters. The van der Waals surface area contributed by atoms with Gasteiger partial charge in [0, 0.05) is 18.5 Å². The van der Waals surface area contributed by atoms with Crippen molar-refractivity contribution in [3.05, 3.63) is 0 Å². The third kappa shape index (κ3) is 11.1. The van der Waals surface area contributed by atoms with E-state index >= 15 is 0 Å². The molecule has 4 nitrogen and oxygen atoms in total. The van der Waals surface area contributed by atoms with E-state index in [4.69, 9.17) is 9.47 Å². The molecule has 0 rings (SSSR count). The molecule has 0 amide bonds. The van der Waals surface area contributed by atoms with Crippen molar-refractivity contribution in [3.8, 4) is 0 Å². The topological polar surface area (TPSA) is 24.9 Å². The molecule has 0 aromatic heterocycles. The lowest BCUT2D eigenvalue weighted by molar-refractivity contribution is -0.0118. The molecule has 0 saturated heterocycles. The van der Waals surface area contributed by atoms with Crippen LogP contribution in [-0.4, -0.2) is 75.5 Å². The van der Waals surface area contributed by atoms with Gasteiger partial charge in [-0.3, -0.25) is 0 Å². The fraction of sp³-hybridized carbons (Fsp3) is 1.00. The molecule has 0 aliphatic heterocycles. The van der Waals surface area contributed by atoms with Gasteiger partial charge in [-0.05, 0) is 26.2 Å². The second-order valence-electron chi connectivity index (χ2n) is 6.32. The van der Waals surface area contributed by atoms with Crippen LogP contribution in [0.15, 0.2) is 0 Å². The molecule has 0 heterocycles. The maximum absolute atomic E-state index is 5.82. The number of nitrogens with zero attached hydrogens (tertiary/aromatic N) is 2. The highest BCUT2D eigenvalue weighted by molar-refractivity contribution is 4.67. The minimum atomic E-state index is 0.0898. The van der Waals surface area contributed by atoms with Crippen molar-refractivity contribution < 1.29 is 9.47 Å². The van der Waals surface area contributed by atoms with Gasteiger partial charge in [-0.25, -0.2) is 0 Å². The lowest BCUT2D eigenvalue weighted by Gasteiger charge is -2.26. The van der Waals surface area contributed by atoms with Crippen molar-refractivity contribution in [2.75, 3.05) is 65.7 Å². The van der Waals surface area contributed by atoms with E-state index in [0.29, 0.717) is 0 Å². The Morgan fingerprint density at radius 3 is 1.29 bits per heavy atom. The van der Waals surface area contributed by atoms with Gasteiger partial charge in [0.15, 0.2) is 0 Å². The summed E-state index contributed by atoms with van der Waals surface area (Å²) in [6.07, 6.45) is 0. The molecule has 4 heteroatoms. The van der Waals surface area contributed by atoms with Crippen LogP contribution >= 0.6 is 0 Å². The van der Waals surface area contributed by atoms with Crippen molar-refractivity contribution in [1.29, 1.82) is 0 Å². The first-order valence-corrected chi connectivity index (χ1v) is 8.59. The zero-order valence-electron chi connectivity index (χ0n) is 15.3. The zero-order valence-corrected chi connectivity index (χ0v) is 15.3. The smallest absolute Gasteiger partial charge is 0.0593 e. The molecule has 0 aliphatic rings. The van der Waals surface area contributed by atoms with E-state index in [-0.39, 0.29) is 5.41 Å². The molecule has 0 aliphatic carbocycles. The molecular weight excluding hydrogens is 264 g/mol. The third-order valence-corrected chi connectivity index (χ3v) is 3.88. The van der Waals surface area contributed by atoms with E-state index in [1.165, 1.54) is 0 Å². The van der Waals surface area contributed by atoms with Gasteiger partial charge in [0.1, 0.15) is 0 Å². The Morgan fingerprint density at radius 1 is 0.667 bits per heavy atom. The van der Waals surface area contributed by atoms with E-state index in [9.17, 15) is 0 Å². The number of hydrogen-bond donors (Lipinski definition) is 0. The van der Waals surface area contributed by atoms with E-state index in [1.54, 1.807) is 0 Å². The van der Waals surface area contributed by atoms with E-state index in [0.717, 1.165) is 65.7 Å². The van der Waals surface area contributed by atoms with Crippen molar-refractivity contribution in [2.24, 2.45) is 5.41 Å². The number of ether oxygens (including phenoxy) is 2. The standard InChI is InChI=1S/C17H38N2O2/c1-7-18(8-2)11-13-20-15-17(5,6)16-21-14-12-19(9-3)10-4/h7-16H2,1-6H3. The first kappa shape index (κ1) is 20.8. The second kappa shape index (κ2) is 12.4. The minimum absolute atomic E-state index is 0.0898. The Labute approximate surface area is 132 Å². The Morgan fingerprint density at radius 2 is 1.00 bits per heavy atom. The highest BCUT2D eigenvalue weighted by Crippen LogP contribution is 2.15. The summed E-state index contributed by atoms with van der Waals surface area (Å²) in [5, 5.41) is 0. The third-order valence-electron chi connectivity index (χ3n) is 3.88. The van der Waals surface area contributed by atoms with Gasteiger partial charge in [-0.15, -0.1) is 0 Å². The summed E-state index contributed by atoms with van der Waals surface area (Å²) in [6, 6.07) is 0. The quantitative estimate of drug-likeness (QED) is 0.461. The van der Waals surface area contributed by atoms with Crippen LogP contribution in [0.5, 0.6) is 0 Å². The normalized spacial score (nSPS) is 12.6. The molecule has 0 spiro atoms. The summed E-state index contributed by atoms with van der Waals surface area (Å²) in [4.78, 5) is 4.77. The zero-order chi connectivity index (χ0) is 16.1. The van der Waals surface area contributed by atoms with Crippen LogP contribution in [0, 0.1) is 5.41 Å².